The maximum Gasteiger partial charge on any atom is 0.191 e. The number of hydrogen-bond donors (Lipinski definition) is 2. The topological polar surface area (TPSA) is 67.4 Å². The van der Waals surface area contributed by atoms with Crippen LogP contribution in [0.2, 0.25) is 0 Å². The summed E-state index contributed by atoms with van der Waals surface area (Å²) in [4.78, 5) is 7.21. The second-order valence-corrected chi connectivity index (χ2v) is 7.43. The molecule has 1 atom stereocenters. The number of guanidine groups is 1. The number of aliphatic imine (C=N–C) groups is 1. The number of nitrogens with one attached hydrogen (secondary N) is 2. The molecule has 1 fully saturated rings. The van der Waals surface area contributed by atoms with Crippen LogP contribution < -0.4 is 29.7 Å². The van der Waals surface area contributed by atoms with E-state index in [-0.39, 0.29) is 24.0 Å². The third-order valence-electron chi connectivity index (χ3n) is 5.44. The van der Waals surface area contributed by atoms with Gasteiger partial charge in [0, 0.05) is 55.6 Å². The lowest BCUT2D eigenvalue weighted by Gasteiger charge is -2.20. The summed E-state index contributed by atoms with van der Waals surface area (Å²) in [6, 6.07) is 14.7. The smallest absolute Gasteiger partial charge is 0.191 e. The second-order valence-electron chi connectivity index (χ2n) is 7.43. The molecule has 0 radical (unpaired) electrons. The van der Waals surface area contributed by atoms with E-state index in [1.807, 2.05) is 12.1 Å². The minimum atomic E-state index is 0. The van der Waals surface area contributed by atoms with Crippen LogP contribution in [0, 0.1) is 0 Å². The van der Waals surface area contributed by atoms with E-state index in [9.17, 15) is 0 Å². The largest absolute Gasteiger partial charge is 0.496 e. The van der Waals surface area contributed by atoms with Crippen LogP contribution in [0.25, 0.3) is 0 Å². The molecule has 0 amide bonds. The summed E-state index contributed by atoms with van der Waals surface area (Å²) in [6.45, 7) is 5.52. The monoisotopic (exact) mass is 554 g/mol. The highest BCUT2D eigenvalue weighted by atomic mass is 127. The summed E-state index contributed by atoms with van der Waals surface area (Å²) in [5, 5.41) is 6.96. The van der Waals surface area contributed by atoms with Gasteiger partial charge in [0.1, 0.15) is 17.2 Å². The molecule has 0 saturated carbocycles. The minimum Gasteiger partial charge on any atom is -0.496 e. The Kier molecular flexibility index (Phi) is 10.7. The molecule has 0 bridgehead atoms. The number of hydrogen-bond acceptors (Lipinski definition) is 5. The fraction of sp³-hybridized carbons (Fsp3) is 0.458. The summed E-state index contributed by atoms with van der Waals surface area (Å²) < 4.78 is 16.4. The SMILES string of the molecule is CCNC(=NCCc1c(OC)cc(OC)cc1OC)NC1CCN(c2ccccc2)C1.I. The zero-order valence-corrected chi connectivity index (χ0v) is 21.7. The van der Waals surface area contributed by atoms with E-state index in [1.54, 1.807) is 21.3 Å². The van der Waals surface area contributed by atoms with Crippen LogP contribution >= 0.6 is 24.0 Å². The van der Waals surface area contributed by atoms with Crippen LogP contribution in [0.4, 0.5) is 5.69 Å². The first-order chi connectivity index (χ1) is 15.2. The fourth-order valence-electron chi connectivity index (χ4n) is 3.87. The highest BCUT2D eigenvalue weighted by molar-refractivity contribution is 14.0. The summed E-state index contributed by atoms with van der Waals surface area (Å²) >= 11 is 0. The van der Waals surface area contributed by atoms with Crippen molar-refractivity contribution in [3.63, 3.8) is 0 Å². The third-order valence-corrected chi connectivity index (χ3v) is 5.44. The molecular formula is C24H35IN4O3. The van der Waals surface area contributed by atoms with Crippen LogP contribution in [-0.4, -0.2) is 59.5 Å². The van der Waals surface area contributed by atoms with E-state index in [4.69, 9.17) is 19.2 Å². The molecule has 32 heavy (non-hydrogen) atoms. The highest BCUT2D eigenvalue weighted by Crippen LogP contribution is 2.34. The fourth-order valence-corrected chi connectivity index (χ4v) is 3.87. The molecule has 7 nitrogen and oxygen atoms in total. The van der Waals surface area contributed by atoms with Crippen molar-refractivity contribution in [2.45, 2.75) is 25.8 Å². The van der Waals surface area contributed by atoms with Gasteiger partial charge in [0.15, 0.2) is 5.96 Å². The van der Waals surface area contributed by atoms with Crippen molar-refractivity contribution in [1.29, 1.82) is 0 Å². The Hall–Kier alpha value is -2.36. The molecule has 1 saturated heterocycles. The van der Waals surface area contributed by atoms with Gasteiger partial charge in [-0.15, -0.1) is 24.0 Å². The van der Waals surface area contributed by atoms with Crippen LogP contribution in [-0.2, 0) is 6.42 Å². The Bertz CT molecular complexity index is 839. The van der Waals surface area contributed by atoms with Crippen molar-refractivity contribution in [3.8, 4) is 17.2 Å². The van der Waals surface area contributed by atoms with Crippen LogP contribution in [0.3, 0.4) is 0 Å². The number of rotatable bonds is 9. The molecule has 1 unspecified atom stereocenters. The number of anilines is 1. The molecule has 1 aliphatic rings. The lowest BCUT2D eigenvalue weighted by Crippen LogP contribution is -2.44. The van der Waals surface area contributed by atoms with E-state index in [2.05, 4.69) is 52.8 Å². The van der Waals surface area contributed by atoms with Crippen LogP contribution in [0.15, 0.2) is 47.5 Å². The predicted octanol–water partition coefficient (Wildman–Crippen LogP) is 3.71. The predicted molar refractivity (Wildman–Crippen MR) is 141 cm³/mol. The van der Waals surface area contributed by atoms with Gasteiger partial charge >= 0.3 is 0 Å². The number of methoxy groups -OCH3 is 3. The van der Waals surface area contributed by atoms with Gasteiger partial charge in [-0.1, -0.05) is 18.2 Å². The second kappa shape index (κ2) is 13.2. The maximum absolute atomic E-state index is 5.55. The van der Waals surface area contributed by atoms with Crippen molar-refractivity contribution in [3.05, 3.63) is 48.0 Å². The number of para-hydroxylation sites is 1. The summed E-state index contributed by atoms with van der Waals surface area (Å²) in [5.41, 5.74) is 2.26. The Morgan fingerprint density at radius 3 is 2.34 bits per heavy atom. The Labute approximate surface area is 208 Å². The average Bonchev–Trinajstić information content (AvgIpc) is 3.28. The lowest BCUT2D eigenvalue weighted by molar-refractivity contribution is 0.369. The van der Waals surface area contributed by atoms with Gasteiger partial charge in [-0.25, -0.2) is 0 Å². The summed E-state index contributed by atoms with van der Waals surface area (Å²) in [6.07, 6.45) is 1.78. The van der Waals surface area contributed by atoms with Crippen molar-refractivity contribution in [1.82, 2.24) is 10.6 Å². The third kappa shape index (κ3) is 6.82. The van der Waals surface area contributed by atoms with Gasteiger partial charge < -0.3 is 29.7 Å². The first-order valence-electron chi connectivity index (χ1n) is 10.8. The molecule has 0 spiro atoms. The Balaban J connectivity index is 0.00000363. The van der Waals surface area contributed by atoms with E-state index >= 15 is 0 Å². The Morgan fingerprint density at radius 2 is 1.75 bits per heavy atom. The van der Waals surface area contributed by atoms with E-state index in [1.165, 1.54) is 5.69 Å². The maximum atomic E-state index is 5.55. The number of halogens is 1. The van der Waals surface area contributed by atoms with Gasteiger partial charge in [0.05, 0.1) is 21.3 Å². The van der Waals surface area contributed by atoms with Crippen molar-refractivity contribution >= 4 is 35.6 Å². The molecule has 2 aromatic rings. The van der Waals surface area contributed by atoms with Gasteiger partial charge in [0.25, 0.3) is 0 Å². The standard InChI is InChI=1S/C24H34N4O3.HI/c1-5-25-24(27-18-12-14-28(17-18)19-9-7-6-8-10-19)26-13-11-21-22(30-3)15-20(29-2)16-23(21)31-4;/h6-10,15-16,18H,5,11-14,17H2,1-4H3,(H2,25,26,27);1H. The van der Waals surface area contributed by atoms with E-state index in [0.29, 0.717) is 24.8 Å². The molecule has 176 valence electrons. The minimum absolute atomic E-state index is 0. The molecule has 2 aromatic carbocycles. The van der Waals surface area contributed by atoms with Crippen molar-refractivity contribution < 1.29 is 14.2 Å². The van der Waals surface area contributed by atoms with Gasteiger partial charge in [-0.2, -0.15) is 0 Å². The van der Waals surface area contributed by atoms with Crippen molar-refractivity contribution in [2.75, 3.05) is 52.4 Å². The van der Waals surface area contributed by atoms with Gasteiger partial charge in [-0.3, -0.25) is 4.99 Å². The quantitative estimate of drug-likeness (QED) is 0.280. The summed E-state index contributed by atoms with van der Waals surface area (Å²) in [5.74, 6) is 3.05. The summed E-state index contributed by atoms with van der Waals surface area (Å²) in [7, 11) is 4.95. The number of benzene rings is 2. The number of nitrogens with zero attached hydrogens (tertiary/aromatic N) is 2. The average molecular weight is 554 g/mol. The van der Waals surface area contributed by atoms with Crippen LogP contribution in [0.5, 0.6) is 17.2 Å². The highest BCUT2D eigenvalue weighted by Gasteiger charge is 2.23. The first kappa shape index (κ1) is 25.9. The zero-order valence-electron chi connectivity index (χ0n) is 19.4. The van der Waals surface area contributed by atoms with E-state index in [0.717, 1.165) is 49.1 Å². The molecule has 0 aliphatic carbocycles. The molecular weight excluding hydrogens is 519 g/mol. The van der Waals surface area contributed by atoms with Crippen molar-refractivity contribution in [2.24, 2.45) is 4.99 Å². The lowest BCUT2D eigenvalue weighted by atomic mass is 10.1. The zero-order chi connectivity index (χ0) is 22.1. The molecule has 1 aliphatic heterocycles. The normalized spacial score (nSPS) is 15.7. The molecule has 0 aromatic heterocycles. The first-order valence-corrected chi connectivity index (χ1v) is 10.8. The van der Waals surface area contributed by atoms with E-state index < -0.39 is 0 Å². The van der Waals surface area contributed by atoms with Crippen LogP contribution in [0.1, 0.15) is 18.9 Å². The number of ether oxygens (including phenoxy) is 3. The van der Waals surface area contributed by atoms with Gasteiger partial charge in [0.2, 0.25) is 0 Å². The molecule has 3 rings (SSSR count). The molecule has 2 N–H and O–H groups in total. The Morgan fingerprint density at radius 1 is 1.06 bits per heavy atom. The van der Waals surface area contributed by atoms with Gasteiger partial charge in [-0.05, 0) is 31.9 Å². The molecule has 8 heteroatoms. The molecule has 1 heterocycles.